The van der Waals surface area contributed by atoms with E-state index in [9.17, 15) is 36.2 Å². The molecule has 0 aliphatic rings. The number of esters is 1. The van der Waals surface area contributed by atoms with E-state index in [-0.39, 0.29) is 6.42 Å². The Hall–Kier alpha value is -0.990. The zero-order valence-corrected chi connectivity index (χ0v) is 17.9. The van der Waals surface area contributed by atoms with Gasteiger partial charge in [0.15, 0.2) is 5.60 Å². The Balaban J connectivity index is 6.29. The maximum Gasteiger partial charge on any atom is 0.430 e. The van der Waals surface area contributed by atoms with Gasteiger partial charge in [0.05, 0.1) is 5.41 Å². The molecule has 28 heavy (non-hydrogen) atoms. The van der Waals surface area contributed by atoms with E-state index in [0.29, 0.717) is 20.3 Å². The number of halogens is 6. The predicted molar refractivity (Wildman–Crippen MR) is 93.5 cm³/mol. The molecule has 0 fully saturated rings. The third kappa shape index (κ3) is 4.76. The summed E-state index contributed by atoms with van der Waals surface area (Å²) in [6.07, 6.45) is -11.4. The van der Waals surface area contributed by atoms with Crippen LogP contribution in [0.5, 0.6) is 0 Å². The van der Waals surface area contributed by atoms with Gasteiger partial charge in [-0.25, -0.2) is 0 Å². The molecule has 0 amide bonds. The van der Waals surface area contributed by atoms with Gasteiger partial charge >= 0.3 is 18.3 Å². The number of hydrogen-bond donors (Lipinski definition) is 1. The first-order valence-electron chi connectivity index (χ1n) is 8.99. The predicted octanol–water partition coefficient (Wildman–Crippen LogP) is 6.04. The van der Waals surface area contributed by atoms with Crippen LogP contribution in [-0.2, 0) is 9.53 Å². The first-order chi connectivity index (χ1) is 11.9. The summed E-state index contributed by atoms with van der Waals surface area (Å²) in [4.78, 5) is 13.0. The first-order valence-corrected chi connectivity index (χ1v) is 8.99. The van der Waals surface area contributed by atoms with Crippen molar-refractivity contribution >= 4 is 5.97 Å². The molecule has 0 aromatic heterocycles. The molecule has 0 aromatic rings. The Morgan fingerprint density at radius 1 is 0.821 bits per heavy atom. The molecule has 0 aliphatic carbocycles. The normalized spacial score (nSPS) is 17.3. The number of alkyl halides is 6. The topological polar surface area (TPSA) is 46.5 Å². The fourth-order valence-electron chi connectivity index (χ4n) is 2.99. The van der Waals surface area contributed by atoms with Crippen LogP contribution >= 0.6 is 0 Å². The molecule has 0 rings (SSSR count). The highest BCUT2D eigenvalue weighted by Gasteiger charge is 2.79. The maximum absolute atomic E-state index is 13.2. The minimum absolute atomic E-state index is 0.172. The van der Waals surface area contributed by atoms with Crippen molar-refractivity contribution in [3.63, 3.8) is 0 Å². The summed E-state index contributed by atoms with van der Waals surface area (Å²) in [5.41, 5.74) is -11.2. The van der Waals surface area contributed by atoms with Crippen molar-refractivity contribution in [2.75, 3.05) is 0 Å². The van der Waals surface area contributed by atoms with Gasteiger partial charge in [-0.05, 0) is 38.0 Å². The molecule has 0 heterocycles. The number of rotatable bonds is 6. The van der Waals surface area contributed by atoms with Crippen LogP contribution < -0.4 is 0 Å². The van der Waals surface area contributed by atoms with Crippen LogP contribution in [0.2, 0.25) is 0 Å². The second-order valence-electron chi connectivity index (χ2n) is 9.88. The molecule has 3 nitrogen and oxygen atoms in total. The van der Waals surface area contributed by atoms with Crippen LogP contribution in [0.4, 0.5) is 26.3 Å². The van der Waals surface area contributed by atoms with E-state index < -0.39 is 45.8 Å². The lowest BCUT2D eigenvalue weighted by Gasteiger charge is -2.48. The van der Waals surface area contributed by atoms with Crippen molar-refractivity contribution in [3.05, 3.63) is 0 Å². The van der Waals surface area contributed by atoms with Gasteiger partial charge in [0.25, 0.3) is 5.60 Å². The molecule has 9 heteroatoms. The average molecular weight is 422 g/mol. The molecule has 0 aromatic carbocycles. The minimum atomic E-state index is -6.10. The Morgan fingerprint density at radius 2 is 1.18 bits per heavy atom. The van der Waals surface area contributed by atoms with Crippen molar-refractivity contribution in [3.8, 4) is 0 Å². The van der Waals surface area contributed by atoms with Gasteiger partial charge in [-0.2, -0.15) is 26.3 Å². The quantitative estimate of drug-likeness (QED) is 0.419. The fourth-order valence-corrected chi connectivity index (χ4v) is 2.99. The molecule has 0 saturated carbocycles. The van der Waals surface area contributed by atoms with E-state index in [2.05, 4.69) is 0 Å². The molecule has 0 spiro atoms. The standard InChI is InChI=1S/C19H32F6O3/c1-10-14(5,6)11-16(9,13(2,3)4)12(26)28-15(7,8)17(27,18(20,21)22)19(23,24)25/h27H,10-11H2,1-9H3. The number of aliphatic hydroxyl groups is 1. The highest BCUT2D eigenvalue weighted by molar-refractivity contribution is 5.78. The third-order valence-corrected chi connectivity index (χ3v) is 5.93. The fraction of sp³-hybridized carbons (Fsp3) is 0.947. The molecule has 0 radical (unpaired) electrons. The van der Waals surface area contributed by atoms with Crippen molar-refractivity contribution in [1.82, 2.24) is 0 Å². The molecule has 168 valence electrons. The lowest BCUT2D eigenvalue weighted by molar-refractivity contribution is -0.408. The Labute approximate surface area is 162 Å². The van der Waals surface area contributed by atoms with E-state index in [1.807, 2.05) is 20.8 Å². The van der Waals surface area contributed by atoms with Gasteiger partial charge in [0, 0.05) is 0 Å². The highest BCUT2D eigenvalue weighted by atomic mass is 19.4. The SMILES string of the molecule is CCC(C)(C)CC(C)(C(=O)OC(C)(C)C(O)(C(F)(F)F)C(F)(F)F)C(C)(C)C. The van der Waals surface area contributed by atoms with Crippen LogP contribution in [-0.4, -0.2) is 34.6 Å². The summed E-state index contributed by atoms with van der Waals surface area (Å²) in [7, 11) is 0. The Morgan fingerprint density at radius 3 is 1.43 bits per heavy atom. The van der Waals surface area contributed by atoms with Crippen LogP contribution in [0, 0.1) is 16.2 Å². The van der Waals surface area contributed by atoms with E-state index >= 15 is 0 Å². The summed E-state index contributed by atoms with van der Waals surface area (Å²) in [6.45, 7) is 12.8. The van der Waals surface area contributed by atoms with Crippen LogP contribution in [0.15, 0.2) is 0 Å². The Bertz CT molecular complexity index is 556. The number of ether oxygens (including phenoxy) is 1. The van der Waals surface area contributed by atoms with Crippen molar-refractivity contribution < 1.29 is 41.0 Å². The lowest BCUT2D eigenvalue weighted by atomic mass is 9.60. The first kappa shape index (κ1) is 27.0. The maximum atomic E-state index is 13.2. The van der Waals surface area contributed by atoms with Crippen LogP contribution in [0.25, 0.3) is 0 Å². The van der Waals surface area contributed by atoms with Gasteiger partial charge in [-0.15, -0.1) is 0 Å². The molecule has 1 atom stereocenters. The van der Waals surface area contributed by atoms with Crippen molar-refractivity contribution in [1.29, 1.82) is 0 Å². The summed E-state index contributed by atoms with van der Waals surface area (Å²) in [6, 6.07) is 0. The molecular weight excluding hydrogens is 390 g/mol. The second kappa shape index (κ2) is 7.36. The van der Waals surface area contributed by atoms with E-state index in [1.54, 1.807) is 20.8 Å². The second-order valence-corrected chi connectivity index (χ2v) is 9.88. The van der Waals surface area contributed by atoms with Gasteiger partial charge in [-0.1, -0.05) is 48.0 Å². The molecule has 0 aliphatic heterocycles. The average Bonchev–Trinajstić information content (AvgIpc) is 2.41. The van der Waals surface area contributed by atoms with Crippen LogP contribution in [0.1, 0.15) is 75.2 Å². The smallest absolute Gasteiger partial charge is 0.430 e. The van der Waals surface area contributed by atoms with Gasteiger partial charge in [0.2, 0.25) is 0 Å². The zero-order valence-electron chi connectivity index (χ0n) is 17.9. The molecule has 1 unspecified atom stereocenters. The number of carbonyl (C=O) groups is 1. The van der Waals surface area contributed by atoms with E-state index in [1.165, 1.54) is 6.92 Å². The minimum Gasteiger partial charge on any atom is -0.455 e. The molecule has 1 N–H and O–H groups in total. The highest BCUT2D eigenvalue weighted by Crippen LogP contribution is 2.53. The number of hydrogen-bond acceptors (Lipinski definition) is 3. The third-order valence-electron chi connectivity index (χ3n) is 5.93. The Kier molecular flexibility index (Phi) is 7.10. The largest absolute Gasteiger partial charge is 0.455 e. The monoisotopic (exact) mass is 422 g/mol. The van der Waals surface area contributed by atoms with Crippen molar-refractivity contribution in [2.24, 2.45) is 16.2 Å². The van der Waals surface area contributed by atoms with E-state index in [4.69, 9.17) is 4.74 Å². The molecule has 0 saturated heterocycles. The molecular formula is C19H32F6O3. The molecule has 0 bridgehead atoms. The summed E-state index contributed by atoms with van der Waals surface area (Å²) >= 11 is 0. The van der Waals surface area contributed by atoms with Gasteiger partial charge in [-0.3, -0.25) is 4.79 Å². The van der Waals surface area contributed by atoms with Crippen molar-refractivity contribution in [2.45, 2.75) is 98.7 Å². The van der Waals surface area contributed by atoms with Gasteiger partial charge < -0.3 is 9.84 Å². The number of carbonyl (C=O) groups excluding carboxylic acids is 1. The van der Waals surface area contributed by atoms with Crippen LogP contribution in [0.3, 0.4) is 0 Å². The summed E-state index contributed by atoms with van der Waals surface area (Å²) in [5.74, 6) is -1.22. The van der Waals surface area contributed by atoms with E-state index in [0.717, 1.165) is 0 Å². The van der Waals surface area contributed by atoms with Gasteiger partial charge in [0.1, 0.15) is 0 Å². The summed E-state index contributed by atoms with van der Waals surface area (Å²) in [5, 5.41) is 9.68. The summed E-state index contributed by atoms with van der Waals surface area (Å²) < 4.78 is 84.3. The lowest BCUT2D eigenvalue weighted by Crippen LogP contribution is -2.70. The zero-order chi connectivity index (χ0) is 23.2.